The Balaban J connectivity index is 1.98. The molecule has 0 bridgehead atoms. The van der Waals surface area contributed by atoms with E-state index in [1.54, 1.807) is 45.6 Å². The molecule has 1 heterocycles. The first-order chi connectivity index (χ1) is 11.2. The van der Waals surface area contributed by atoms with Gasteiger partial charge >= 0.3 is 0 Å². The van der Waals surface area contributed by atoms with E-state index in [-0.39, 0.29) is 12.2 Å². The maximum absolute atomic E-state index is 12.4. The minimum atomic E-state index is -0.400. The van der Waals surface area contributed by atoms with Gasteiger partial charge in [-0.1, -0.05) is 0 Å². The van der Waals surface area contributed by atoms with Gasteiger partial charge in [-0.15, -0.1) is 0 Å². The van der Waals surface area contributed by atoms with E-state index in [1.165, 1.54) is 0 Å². The van der Waals surface area contributed by atoms with Crippen LogP contribution in [0.15, 0.2) is 36.4 Å². The van der Waals surface area contributed by atoms with Gasteiger partial charge in [-0.2, -0.15) is 0 Å². The maximum Gasteiger partial charge on any atom is 0.170 e. The third-order valence-corrected chi connectivity index (χ3v) is 3.92. The number of hydrogen-bond donors (Lipinski definition) is 0. The zero-order chi connectivity index (χ0) is 16.4. The molecule has 2 aromatic carbocycles. The van der Waals surface area contributed by atoms with Crippen LogP contribution in [0, 0.1) is 0 Å². The van der Waals surface area contributed by atoms with Crippen LogP contribution in [-0.2, 0) is 0 Å². The van der Waals surface area contributed by atoms with Crippen LogP contribution in [0.25, 0.3) is 0 Å². The van der Waals surface area contributed by atoms with Gasteiger partial charge in [0, 0.05) is 17.7 Å². The van der Waals surface area contributed by atoms with Crippen LogP contribution in [0.2, 0.25) is 0 Å². The van der Waals surface area contributed by atoms with Gasteiger partial charge in [0.1, 0.15) is 29.1 Å². The summed E-state index contributed by atoms with van der Waals surface area (Å²) in [6.07, 6.45) is -0.134. The smallest absolute Gasteiger partial charge is 0.170 e. The van der Waals surface area contributed by atoms with E-state index in [0.717, 1.165) is 5.56 Å². The molecule has 0 spiro atoms. The van der Waals surface area contributed by atoms with E-state index in [1.807, 2.05) is 12.1 Å². The average Bonchev–Trinajstić information content (AvgIpc) is 2.60. The fourth-order valence-corrected chi connectivity index (χ4v) is 2.69. The summed E-state index contributed by atoms with van der Waals surface area (Å²) >= 11 is 0. The van der Waals surface area contributed by atoms with Crippen molar-refractivity contribution in [2.24, 2.45) is 0 Å². The predicted octanol–water partition coefficient (Wildman–Crippen LogP) is 3.42. The number of rotatable bonds is 4. The SMILES string of the molecule is COc1ccc2c(c1)OC(c1ccc(OC)cc1OC)CC2=O. The zero-order valence-corrected chi connectivity index (χ0v) is 13.3. The van der Waals surface area contributed by atoms with E-state index in [0.29, 0.717) is 28.6 Å². The minimum absolute atomic E-state index is 0.0387. The van der Waals surface area contributed by atoms with Crippen molar-refractivity contribution in [2.75, 3.05) is 21.3 Å². The molecule has 0 saturated heterocycles. The average molecular weight is 314 g/mol. The van der Waals surface area contributed by atoms with Crippen LogP contribution in [-0.4, -0.2) is 27.1 Å². The highest BCUT2D eigenvalue weighted by Gasteiger charge is 2.30. The molecule has 0 amide bonds. The largest absolute Gasteiger partial charge is 0.497 e. The number of hydrogen-bond acceptors (Lipinski definition) is 5. The molecule has 0 radical (unpaired) electrons. The Morgan fingerprint density at radius 1 is 0.957 bits per heavy atom. The Bertz CT molecular complexity index is 738. The molecular weight excluding hydrogens is 296 g/mol. The number of ether oxygens (including phenoxy) is 4. The number of benzene rings is 2. The summed E-state index contributed by atoms with van der Waals surface area (Å²) in [6.45, 7) is 0. The molecule has 120 valence electrons. The zero-order valence-electron chi connectivity index (χ0n) is 13.3. The van der Waals surface area contributed by atoms with Gasteiger partial charge in [-0.05, 0) is 24.3 Å². The van der Waals surface area contributed by atoms with Crippen molar-refractivity contribution in [1.82, 2.24) is 0 Å². The van der Waals surface area contributed by atoms with Gasteiger partial charge < -0.3 is 18.9 Å². The summed E-state index contributed by atoms with van der Waals surface area (Å²) in [7, 11) is 4.76. The van der Waals surface area contributed by atoms with Gasteiger partial charge in [-0.3, -0.25) is 4.79 Å². The first-order valence-electron chi connectivity index (χ1n) is 7.26. The van der Waals surface area contributed by atoms with Crippen molar-refractivity contribution < 1.29 is 23.7 Å². The number of carbonyl (C=O) groups excluding carboxylic acids is 1. The monoisotopic (exact) mass is 314 g/mol. The standard InChI is InChI=1S/C18H18O5/c1-20-11-5-7-14(16(8-11)22-3)18-10-15(19)13-6-4-12(21-2)9-17(13)23-18/h4-9,18H,10H2,1-3H3. The van der Waals surface area contributed by atoms with Crippen LogP contribution >= 0.6 is 0 Å². The van der Waals surface area contributed by atoms with Crippen molar-refractivity contribution in [3.63, 3.8) is 0 Å². The molecule has 0 saturated carbocycles. The lowest BCUT2D eigenvalue weighted by Crippen LogP contribution is -2.21. The quantitative estimate of drug-likeness (QED) is 0.865. The molecule has 0 aromatic heterocycles. The Morgan fingerprint density at radius 3 is 2.35 bits per heavy atom. The molecule has 3 rings (SSSR count). The molecule has 0 N–H and O–H groups in total. The fourth-order valence-electron chi connectivity index (χ4n) is 2.69. The van der Waals surface area contributed by atoms with Crippen molar-refractivity contribution in [3.05, 3.63) is 47.5 Å². The van der Waals surface area contributed by atoms with Crippen LogP contribution in [0.3, 0.4) is 0 Å². The van der Waals surface area contributed by atoms with Gasteiger partial charge in [0.15, 0.2) is 5.78 Å². The van der Waals surface area contributed by atoms with E-state index in [2.05, 4.69) is 0 Å². The summed E-state index contributed by atoms with van der Waals surface area (Å²) in [5, 5.41) is 0. The van der Waals surface area contributed by atoms with Gasteiger partial charge in [0.05, 0.1) is 33.3 Å². The molecule has 2 aromatic rings. The first-order valence-corrected chi connectivity index (χ1v) is 7.26. The topological polar surface area (TPSA) is 54.0 Å². The molecule has 1 atom stereocenters. The van der Waals surface area contributed by atoms with Crippen molar-refractivity contribution >= 4 is 5.78 Å². The lowest BCUT2D eigenvalue weighted by Gasteiger charge is -2.27. The number of fused-ring (bicyclic) bond motifs is 1. The molecule has 23 heavy (non-hydrogen) atoms. The molecule has 0 fully saturated rings. The van der Waals surface area contributed by atoms with Crippen LogP contribution in [0.1, 0.15) is 28.4 Å². The second-order valence-electron chi connectivity index (χ2n) is 5.20. The molecule has 1 aliphatic rings. The first kappa shape index (κ1) is 15.2. The normalized spacial score (nSPS) is 16.3. The fraction of sp³-hybridized carbons (Fsp3) is 0.278. The third-order valence-electron chi connectivity index (χ3n) is 3.92. The Labute approximate surface area is 134 Å². The van der Waals surface area contributed by atoms with E-state index in [9.17, 15) is 4.79 Å². The lowest BCUT2D eigenvalue weighted by atomic mass is 9.95. The Morgan fingerprint density at radius 2 is 1.65 bits per heavy atom. The Kier molecular flexibility index (Phi) is 4.10. The second kappa shape index (κ2) is 6.20. The third kappa shape index (κ3) is 2.82. The number of Topliss-reactive ketones (excluding diaryl/α,β-unsaturated/α-hetero) is 1. The maximum atomic E-state index is 12.4. The highest BCUT2D eigenvalue weighted by molar-refractivity contribution is 6.00. The van der Waals surface area contributed by atoms with Gasteiger partial charge in [0.2, 0.25) is 0 Å². The molecular formula is C18H18O5. The molecule has 1 unspecified atom stereocenters. The summed E-state index contributed by atoms with van der Waals surface area (Å²) in [5.41, 5.74) is 1.39. The van der Waals surface area contributed by atoms with Crippen LogP contribution in [0.5, 0.6) is 23.0 Å². The summed E-state index contributed by atoms with van der Waals surface area (Å²) in [5.74, 6) is 2.54. The summed E-state index contributed by atoms with van der Waals surface area (Å²) < 4.78 is 21.8. The van der Waals surface area contributed by atoms with E-state index in [4.69, 9.17) is 18.9 Å². The highest BCUT2D eigenvalue weighted by atomic mass is 16.5. The second-order valence-corrected chi connectivity index (χ2v) is 5.20. The van der Waals surface area contributed by atoms with Crippen LogP contribution in [0.4, 0.5) is 0 Å². The Hall–Kier alpha value is -2.69. The minimum Gasteiger partial charge on any atom is -0.497 e. The number of ketones is 1. The molecule has 5 heteroatoms. The van der Waals surface area contributed by atoms with E-state index >= 15 is 0 Å². The predicted molar refractivity (Wildman–Crippen MR) is 84.9 cm³/mol. The van der Waals surface area contributed by atoms with Gasteiger partial charge in [-0.25, -0.2) is 0 Å². The number of carbonyl (C=O) groups is 1. The number of methoxy groups -OCH3 is 3. The summed E-state index contributed by atoms with van der Waals surface area (Å²) in [4.78, 5) is 12.4. The molecule has 1 aliphatic heterocycles. The van der Waals surface area contributed by atoms with Crippen LogP contribution < -0.4 is 18.9 Å². The highest BCUT2D eigenvalue weighted by Crippen LogP contribution is 2.40. The molecule has 5 nitrogen and oxygen atoms in total. The van der Waals surface area contributed by atoms with E-state index < -0.39 is 6.10 Å². The summed E-state index contributed by atoms with van der Waals surface area (Å²) in [6, 6.07) is 10.7. The van der Waals surface area contributed by atoms with Crippen molar-refractivity contribution in [1.29, 1.82) is 0 Å². The van der Waals surface area contributed by atoms with Crippen molar-refractivity contribution in [3.8, 4) is 23.0 Å². The van der Waals surface area contributed by atoms with Crippen molar-refractivity contribution in [2.45, 2.75) is 12.5 Å². The van der Waals surface area contributed by atoms with Gasteiger partial charge in [0.25, 0.3) is 0 Å². The molecule has 0 aliphatic carbocycles. The lowest BCUT2D eigenvalue weighted by molar-refractivity contribution is 0.0846.